The molecule has 5 rings (SSSR count). The Bertz CT molecular complexity index is 1250. The number of aliphatic imine (C=N–C) groups is 1. The molecule has 180 valence electrons. The van der Waals surface area contributed by atoms with Gasteiger partial charge in [0.05, 0.1) is 12.2 Å². The fourth-order valence-electron chi connectivity index (χ4n) is 4.03. The van der Waals surface area contributed by atoms with Gasteiger partial charge in [0.1, 0.15) is 6.61 Å². The number of likely N-dealkylation sites (tertiary alicyclic amines) is 1. The maximum absolute atomic E-state index is 12.8. The van der Waals surface area contributed by atoms with Gasteiger partial charge < -0.3 is 14.4 Å². The van der Waals surface area contributed by atoms with Crippen LogP contribution >= 0.6 is 11.8 Å². The first-order valence-corrected chi connectivity index (χ1v) is 12.5. The van der Waals surface area contributed by atoms with Crippen LogP contribution < -0.4 is 9.47 Å². The summed E-state index contributed by atoms with van der Waals surface area (Å²) in [6.45, 7) is 6.74. The summed E-state index contributed by atoms with van der Waals surface area (Å²) in [7, 11) is 0. The van der Waals surface area contributed by atoms with Crippen molar-refractivity contribution in [1.29, 1.82) is 5.41 Å². The van der Waals surface area contributed by atoms with Crippen molar-refractivity contribution < 1.29 is 14.3 Å². The zero-order chi connectivity index (χ0) is 24.4. The van der Waals surface area contributed by atoms with Crippen molar-refractivity contribution in [2.75, 3.05) is 19.7 Å². The van der Waals surface area contributed by atoms with E-state index in [-0.39, 0.29) is 11.4 Å². The van der Waals surface area contributed by atoms with Gasteiger partial charge in [0.15, 0.2) is 22.5 Å². The molecule has 3 aliphatic heterocycles. The lowest BCUT2D eigenvalue weighted by Gasteiger charge is -2.20. The van der Waals surface area contributed by atoms with Crippen LogP contribution in [0.5, 0.6) is 11.5 Å². The fourth-order valence-corrected chi connectivity index (χ4v) is 4.98. The summed E-state index contributed by atoms with van der Waals surface area (Å²) in [5.41, 5.74) is 3.18. The molecule has 0 aromatic heterocycles. The van der Waals surface area contributed by atoms with E-state index in [1.807, 2.05) is 37.3 Å². The third kappa shape index (κ3) is 4.95. The molecule has 0 unspecified atom stereocenters. The molecule has 9 heteroatoms. The molecule has 0 radical (unpaired) electrons. The Morgan fingerprint density at radius 2 is 1.83 bits per heavy atom. The number of thioether (sulfide) groups is 1. The average Bonchev–Trinajstić information content (AvgIpc) is 3.53. The molecule has 0 saturated carbocycles. The molecule has 2 aromatic carbocycles. The van der Waals surface area contributed by atoms with E-state index in [1.54, 1.807) is 6.08 Å². The van der Waals surface area contributed by atoms with E-state index in [4.69, 9.17) is 14.9 Å². The molecule has 8 nitrogen and oxygen atoms in total. The lowest BCUT2D eigenvalue weighted by atomic mass is 10.1. The predicted octanol–water partition coefficient (Wildman–Crippen LogP) is 4.65. The Hall–Kier alpha value is -3.59. The number of hydrogen-bond donors (Lipinski definition) is 1. The highest BCUT2D eigenvalue weighted by molar-refractivity contribution is 8.26. The van der Waals surface area contributed by atoms with Crippen LogP contribution in [-0.4, -0.2) is 51.7 Å². The lowest BCUT2D eigenvalue weighted by molar-refractivity contribution is -0.114. The molecule has 0 aliphatic carbocycles. The number of hydrazone groups is 1. The summed E-state index contributed by atoms with van der Waals surface area (Å²) < 4.78 is 11.8. The Morgan fingerprint density at radius 1 is 1.06 bits per heavy atom. The van der Waals surface area contributed by atoms with Crippen LogP contribution in [0.15, 0.2) is 58.1 Å². The Morgan fingerprint density at radius 3 is 2.57 bits per heavy atom. The predicted molar refractivity (Wildman–Crippen MR) is 139 cm³/mol. The molecule has 0 spiro atoms. The number of amides is 1. The van der Waals surface area contributed by atoms with Crippen LogP contribution in [0.4, 0.5) is 0 Å². The third-order valence-electron chi connectivity index (χ3n) is 5.91. The minimum Gasteiger partial charge on any atom is -0.490 e. The first-order chi connectivity index (χ1) is 17.0. The van der Waals surface area contributed by atoms with Crippen molar-refractivity contribution in [3.63, 3.8) is 0 Å². The lowest BCUT2D eigenvalue weighted by Crippen LogP contribution is -2.35. The topological polar surface area (TPSA) is 90.6 Å². The van der Waals surface area contributed by atoms with Gasteiger partial charge in [-0.25, -0.2) is 0 Å². The van der Waals surface area contributed by atoms with Crippen LogP contribution in [0.1, 0.15) is 36.5 Å². The quantitative estimate of drug-likeness (QED) is 0.595. The van der Waals surface area contributed by atoms with Gasteiger partial charge in [0.25, 0.3) is 5.91 Å². The summed E-state index contributed by atoms with van der Waals surface area (Å²) in [6.07, 6.45) is 3.91. The van der Waals surface area contributed by atoms with Crippen molar-refractivity contribution in [1.82, 2.24) is 9.91 Å². The van der Waals surface area contributed by atoms with Crippen LogP contribution in [0.2, 0.25) is 0 Å². The molecular formula is C26H27N5O3S. The maximum Gasteiger partial charge on any atom is 0.283 e. The summed E-state index contributed by atoms with van der Waals surface area (Å²) in [4.78, 5) is 19.2. The summed E-state index contributed by atoms with van der Waals surface area (Å²) in [5.74, 6) is 0.790. The number of benzene rings is 2. The summed E-state index contributed by atoms with van der Waals surface area (Å²) >= 11 is 1.35. The number of rotatable bonds is 6. The number of amidine groups is 3. The molecule has 1 saturated heterocycles. The molecule has 1 fully saturated rings. The molecule has 0 atom stereocenters. The zero-order valence-electron chi connectivity index (χ0n) is 19.8. The number of carbonyl (C=O) groups excluding carboxylic acids is 1. The average molecular weight is 490 g/mol. The third-order valence-corrected chi connectivity index (χ3v) is 6.88. The van der Waals surface area contributed by atoms with Gasteiger partial charge in [-0.1, -0.05) is 35.9 Å². The second kappa shape index (κ2) is 9.95. The summed E-state index contributed by atoms with van der Waals surface area (Å²) in [5, 5.41) is 15.9. The largest absolute Gasteiger partial charge is 0.490 e. The highest BCUT2D eigenvalue weighted by Crippen LogP contribution is 2.33. The molecule has 3 heterocycles. The standard InChI is InChI=1S/C26H27N5O3S/c1-3-33-22-15-19(10-11-21(22)34-16-18-8-6-17(2)7-9-18)14-20-23(27)31-25(28-24(20)32)35-26(29-31)30-12-4-5-13-30/h6-11,14-15,27H,3-5,12-13,16H2,1-2H3/b20-14-,27-23?. The van der Waals surface area contributed by atoms with E-state index in [0.717, 1.165) is 42.2 Å². The monoisotopic (exact) mass is 489 g/mol. The highest BCUT2D eigenvalue weighted by Gasteiger charge is 2.37. The van der Waals surface area contributed by atoms with E-state index in [0.29, 0.717) is 29.9 Å². The maximum atomic E-state index is 12.8. The number of ether oxygens (including phenoxy) is 2. The van der Waals surface area contributed by atoms with E-state index in [9.17, 15) is 4.79 Å². The number of aryl methyl sites for hydroxylation is 1. The summed E-state index contributed by atoms with van der Waals surface area (Å²) in [6, 6.07) is 13.7. The van der Waals surface area contributed by atoms with Crippen molar-refractivity contribution >= 4 is 39.9 Å². The molecule has 2 aromatic rings. The van der Waals surface area contributed by atoms with Crippen molar-refractivity contribution in [2.45, 2.75) is 33.3 Å². The van der Waals surface area contributed by atoms with Crippen molar-refractivity contribution in [2.24, 2.45) is 10.1 Å². The van der Waals surface area contributed by atoms with Crippen molar-refractivity contribution in [3.05, 3.63) is 64.7 Å². The van der Waals surface area contributed by atoms with E-state index >= 15 is 0 Å². The number of nitrogens with zero attached hydrogens (tertiary/aromatic N) is 4. The van der Waals surface area contributed by atoms with Gasteiger partial charge in [0, 0.05) is 13.1 Å². The second-order valence-corrected chi connectivity index (χ2v) is 9.44. The van der Waals surface area contributed by atoms with Gasteiger partial charge in [-0.05, 0) is 67.8 Å². The van der Waals surface area contributed by atoms with Gasteiger partial charge in [-0.2, -0.15) is 10.0 Å². The Kier molecular flexibility index (Phi) is 6.59. The van der Waals surface area contributed by atoms with Gasteiger partial charge in [0.2, 0.25) is 5.17 Å². The smallest absolute Gasteiger partial charge is 0.283 e. The molecule has 35 heavy (non-hydrogen) atoms. The minimum atomic E-state index is -0.440. The van der Waals surface area contributed by atoms with Crippen LogP contribution in [-0.2, 0) is 11.4 Å². The molecule has 1 amide bonds. The second-order valence-electron chi connectivity index (χ2n) is 8.51. The van der Waals surface area contributed by atoms with Gasteiger partial charge in [-0.15, -0.1) is 5.10 Å². The Balaban J connectivity index is 1.36. The van der Waals surface area contributed by atoms with Crippen LogP contribution in [0, 0.1) is 12.3 Å². The van der Waals surface area contributed by atoms with Crippen LogP contribution in [0.3, 0.4) is 0 Å². The fraction of sp³-hybridized carbons (Fsp3) is 0.308. The van der Waals surface area contributed by atoms with Crippen LogP contribution in [0.25, 0.3) is 6.08 Å². The highest BCUT2D eigenvalue weighted by atomic mass is 32.2. The number of carbonyl (C=O) groups is 1. The zero-order valence-corrected chi connectivity index (χ0v) is 20.6. The molecule has 3 aliphatic rings. The molecule has 0 bridgehead atoms. The van der Waals surface area contributed by atoms with Gasteiger partial charge >= 0.3 is 0 Å². The molecular weight excluding hydrogens is 462 g/mol. The number of hydrogen-bond acceptors (Lipinski definition) is 7. The SMILES string of the molecule is CCOc1cc(/C=C2/C(=N)N3N=C(N4CCCC4)SC3=NC2=O)ccc1OCc1ccc(C)cc1. The minimum absolute atomic E-state index is 0.0272. The molecule has 1 N–H and O–H groups in total. The first-order valence-electron chi connectivity index (χ1n) is 11.7. The van der Waals surface area contributed by atoms with Gasteiger partial charge in [-0.3, -0.25) is 10.2 Å². The van der Waals surface area contributed by atoms with Crippen molar-refractivity contribution in [3.8, 4) is 11.5 Å². The first kappa shape index (κ1) is 23.2. The number of nitrogens with one attached hydrogen (secondary N) is 1. The van der Waals surface area contributed by atoms with E-state index < -0.39 is 5.91 Å². The van der Waals surface area contributed by atoms with E-state index in [1.165, 1.54) is 22.3 Å². The van der Waals surface area contributed by atoms with E-state index in [2.05, 4.69) is 34.1 Å². The Labute approximate surface area is 208 Å². The normalized spacial score (nSPS) is 18.6. The number of fused-ring (bicyclic) bond motifs is 1.